The summed E-state index contributed by atoms with van der Waals surface area (Å²) in [7, 11) is 0. The standard InChI is InChI=1S/C22H23NO5/c24-20(11-8-15-6-9-16(10-7-15)22(25)26)23-12-2-4-18(23)17-3-1-5-19-21(17)28-14-13-27-19/h1,3,5-7,9-10,18H,2,4,8,11-14H2,(H,25,26). The van der Waals surface area contributed by atoms with Crippen molar-refractivity contribution >= 4 is 11.9 Å². The molecule has 2 heterocycles. The van der Waals surface area contributed by atoms with E-state index in [9.17, 15) is 9.59 Å². The molecular formula is C22H23NO5. The maximum absolute atomic E-state index is 12.9. The maximum Gasteiger partial charge on any atom is 0.335 e. The second-order valence-corrected chi connectivity index (χ2v) is 7.12. The molecule has 2 aliphatic heterocycles. The predicted molar refractivity (Wildman–Crippen MR) is 103 cm³/mol. The first-order valence-electron chi connectivity index (χ1n) is 9.63. The van der Waals surface area contributed by atoms with Crippen LogP contribution in [-0.2, 0) is 11.2 Å². The number of carbonyl (C=O) groups is 2. The van der Waals surface area contributed by atoms with E-state index >= 15 is 0 Å². The highest BCUT2D eigenvalue weighted by Gasteiger charge is 2.33. The van der Waals surface area contributed by atoms with Gasteiger partial charge in [-0.1, -0.05) is 24.3 Å². The fraction of sp³-hybridized carbons (Fsp3) is 0.364. The van der Waals surface area contributed by atoms with Gasteiger partial charge in [0.2, 0.25) is 5.91 Å². The average Bonchev–Trinajstić information content (AvgIpc) is 3.21. The Morgan fingerprint density at radius 1 is 1.07 bits per heavy atom. The van der Waals surface area contributed by atoms with Gasteiger partial charge in [-0.05, 0) is 43.0 Å². The van der Waals surface area contributed by atoms with Gasteiger partial charge in [0.1, 0.15) is 13.2 Å². The van der Waals surface area contributed by atoms with Crippen molar-refractivity contribution in [3.8, 4) is 11.5 Å². The van der Waals surface area contributed by atoms with Gasteiger partial charge in [0.05, 0.1) is 11.6 Å². The number of amides is 1. The fourth-order valence-electron chi connectivity index (χ4n) is 3.96. The summed E-state index contributed by atoms with van der Waals surface area (Å²) < 4.78 is 11.5. The summed E-state index contributed by atoms with van der Waals surface area (Å²) in [6.45, 7) is 1.81. The normalized spacial score (nSPS) is 18.1. The molecule has 0 bridgehead atoms. The van der Waals surface area contributed by atoms with Gasteiger partial charge in [-0.2, -0.15) is 0 Å². The molecule has 2 aromatic carbocycles. The van der Waals surface area contributed by atoms with Gasteiger partial charge in [0, 0.05) is 18.5 Å². The van der Waals surface area contributed by atoms with Crippen LogP contribution in [0.3, 0.4) is 0 Å². The summed E-state index contributed by atoms with van der Waals surface area (Å²) in [5, 5.41) is 8.98. The number of likely N-dealkylation sites (tertiary alicyclic amines) is 1. The zero-order valence-electron chi connectivity index (χ0n) is 15.6. The molecule has 2 aliphatic rings. The first-order valence-corrected chi connectivity index (χ1v) is 9.63. The molecule has 146 valence electrons. The van der Waals surface area contributed by atoms with Crippen LogP contribution in [0.2, 0.25) is 0 Å². The van der Waals surface area contributed by atoms with Crippen LogP contribution in [-0.4, -0.2) is 41.6 Å². The van der Waals surface area contributed by atoms with Crippen LogP contribution in [0.5, 0.6) is 11.5 Å². The number of carbonyl (C=O) groups excluding carboxylic acids is 1. The first kappa shape index (κ1) is 18.3. The second-order valence-electron chi connectivity index (χ2n) is 7.12. The van der Waals surface area contributed by atoms with E-state index in [0.29, 0.717) is 26.1 Å². The number of aromatic carboxylic acids is 1. The lowest BCUT2D eigenvalue weighted by molar-refractivity contribution is -0.132. The van der Waals surface area contributed by atoms with Crippen molar-refractivity contribution in [3.63, 3.8) is 0 Å². The van der Waals surface area contributed by atoms with Crippen LogP contribution in [0, 0.1) is 0 Å². The number of benzene rings is 2. The summed E-state index contributed by atoms with van der Waals surface area (Å²) >= 11 is 0. The van der Waals surface area contributed by atoms with Crippen LogP contribution < -0.4 is 9.47 Å². The topological polar surface area (TPSA) is 76.1 Å². The molecular weight excluding hydrogens is 358 g/mol. The minimum absolute atomic E-state index is 0.0125. The van der Waals surface area contributed by atoms with Crippen molar-refractivity contribution in [2.45, 2.75) is 31.7 Å². The molecule has 1 unspecified atom stereocenters. The minimum atomic E-state index is -0.945. The zero-order valence-corrected chi connectivity index (χ0v) is 15.6. The number of hydrogen-bond donors (Lipinski definition) is 1. The number of aryl methyl sites for hydroxylation is 1. The number of para-hydroxylation sites is 1. The Morgan fingerprint density at radius 3 is 2.64 bits per heavy atom. The molecule has 0 aromatic heterocycles. The Hall–Kier alpha value is -3.02. The quantitative estimate of drug-likeness (QED) is 0.858. The summed E-state index contributed by atoms with van der Waals surface area (Å²) in [6, 6.07) is 12.6. The lowest BCUT2D eigenvalue weighted by Gasteiger charge is -2.29. The van der Waals surface area contributed by atoms with Gasteiger partial charge in [0.25, 0.3) is 0 Å². The maximum atomic E-state index is 12.9. The van der Waals surface area contributed by atoms with Crippen molar-refractivity contribution in [2.75, 3.05) is 19.8 Å². The van der Waals surface area contributed by atoms with Crippen LogP contribution in [0.4, 0.5) is 0 Å². The van der Waals surface area contributed by atoms with Crippen molar-refractivity contribution in [1.82, 2.24) is 4.90 Å². The van der Waals surface area contributed by atoms with Crippen LogP contribution in [0.15, 0.2) is 42.5 Å². The molecule has 0 spiro atoms. The molecule has 0 saturated carbocycles. The SMILES string of the molecule is O=C(O)c1ccc(CCC(=O)N2CCCC2c2cccc3c2OCCO3)cc1. The van der Waals surface area contributed by atoms with E-state index in [1.165, 1.54) is 0 Å². The van der Waals surface area contributed by atoms with E-state index in [1.54, 1.807) is 24.3 Å². The monoisotopic (exact) mass is 381 g/mol. The molecule has 1 N–H and O–H groups in total. The third-order valence-corrected chi connectivity index (χ3v) is 5.36. The smallest absolute Gasteiger partial charge is 0.335 e. The third kappa shape index (κ3) is 3.67. The Kier molecular flexibility index (Phi) is 5.19. The van der Waals surface area contributed by atoms with Gasteiger partial charge in [-0.3, -0.25) is 4.79 Å². The van der Waals surface area contributed by atoms with Crippen LogP contribution in [0.1, 0.15) is 46.8 Å². The summed E-state index contributed by atoms with van der Waals surface area (Å²) in [4.78, 5) is 25.8. The van der Waals surface area contributed by atoms with Gasteiger partial charge in [0.15, 0.2) is 11.5 Å². The second kappa shape index (κ2) is 7.92. The number of carboxylic acid groups (broad SMARTS) is 1. The molecule has 6 heteroatoms. The van der Waals surface area contributed by atoms with Crippen LogP contribution >= 0.6 is 0 Å². The molecule has 1 saturated heterocycles. The van der Waals surface area contributed by atoms with Crippen molar-refractivity contribution in [2.24, 2.45) is 0 Å². The highest BCUT2D eigenvalue weighted by atomic mass is 16.6. The van der Waals surface area contributed by atoms with E-state index in [-0.39, 0.29) is 17.5 Å². The number of rotatable bonds is 5. The van der Waals surface area contributed by atoms with Crippen LogP contribution in [0.25, 0.3) is 0 Å². The summed E-state index contributed by atoms with van der Waals surface area (Å²) in [5.41, 5.74) is 2.24. The largest absolute Gasteiger partial charge is 0.486 e. The number of fused-ring (bicyclic) bond motifs is 1. The molecule has 1 atom stereocenters. The Balaban J connectivity index is 1.45. The third-order valence-electron chi connectivity index (χ3n) is 5.36. The molecule has 0 aliphatic carbocycles. The number of ether oxygens (including phenoxy) is 2. The Bertz CT molecular complexity index is 877. The minimum Gasteiger partial charge on any atom is -0.486 e. The average molecular weight is 381 g/mol. The summed E-state index contributed by atoms with van der Waals surface area (Å²) in [5.74, 6) is 0.684. The van der Waals surface area contributed by atoms with Crippen molar-refractivity contribution < 1.29 is 24.2 Å². The van der Waals surface area contributed by atoms with Gasteiger partial charge in [-0.15, -0.1) is 0 Å². The Morgan fingerprint density at radius 2 is 1.86 bits per heavy atom. The highest BCUT2D eigenvalue weighted by molar-refractivity contribution is 5.87. The molecule has 6 nitrogen and oxygen atoms in total. The molecule has 2 aromatic rings. The lowest BCUT2D eigenvalue weighted by Crippen LogP contribution is -2.31. The van der Waals surface area contributed by atoms with Crippen molar-refractivity contribution in [1.29, 1.82) is 0 Å². The lowest BCUT2D eigenvalue weighted by atomic mass is 10.0. The molecule has 0 radical (unpaired) electrons. The first-order chi connectivity index (χ1) is 13.6. The highest BCUT2D eigenvalue weighted by Crippen LogP contribution is 2.42. The number of nitrogens with zero attached hydrogens (tertiary/aromatic N) is 1. The molecule has 1 amide bonds. The molecule has 4 rings (SSSR count). The van der Waals surface area contributed by atoms with Gasteiger partial charge in [-0.25, -0.2) is 4.79 Å². The van der Waals surface area contributed by atoms with E-state index in [0.717, 1.165) is 42.0 Å². The number of hydrogen-bond acceptors (Lipinski definition) is 4. The predicted octanol–water partition coefficient (Wildman–Crippen LogP) is 3.45. The summed E-state index contributed by atoms with van der Waals surface area (Å²) in [6.07, 6.45) is 2.87. The molecule has 1 fully saturated rings. The zero-order chi connectivity index (χ0) is 19.5. The van der Waals surface area contributed by atoms with E-state index in [2.05, 4.69) is 0 Å². The number of carboxylic acids is 1. The molecule has 28 heavy (non-hydrogen) atoms. The van der Waals surface area contributed by atoms with E-state index in [4.69, 9.17) is 14.6 Å². The Labute approximate surface area is 163 Å². The van der Waals surface area contributed by atoms with Crippen molar-refractivity contribution in [3.05, 3.63) is 59.2 Å². The van der Waals surface area contributed by atoms with Gasteiger partial charge >= 0.3 is 5.97 Å². The van der Waals surface area contributed by atoms with Gasteiger partial charge < -0.3 is 19.5 Å². The van der Waals surface area contributed by atoms with E-state index < -0.39 is 5.97 Å². The fourth-order valence-corrected chi connectivity index (χ4v) is 3.96. The van der Waals surface area contributed by atoms with E-state index in [1.807, 2.05) is 23.1 Å².